The summed E-state index contributed by atoms with van der Waals surface area (Å²) in [7, 11) is 3.95. The van der Waals surface area contributed by atoms with E-state index in [0.717, 1.165) is 18.8 Å². The van der Waals surface area contributed by atoms with E-state index in [1.165, 1.54) is 12.8 Å². The molecule has 4 nitrogen and oxygen atoms in total. The van der Waals surface area contributed by atoms with Gasteiger partial charge in [0.15, 0.2) is 0 Å². The van der Waals surface area contributed by atoms with Gasteiger partial charge in [0.05, 0.1) is 0 Å². The smallest absolute Gasteiger partial charge is 0.251 e. The van der Waals surface area contributed by atoms with E-state index in [2.05, 4.69) is 29.5 Å². The van der Waals surface area contributed by atoms with Gasteiger partial charge in [-0.05, 0) is 37.7 Å². The molecule has 0 atom stereocenters. The van der Waals surface area contributed by atoms with Gasteiger partial charge in [-0.25, -0.2) is 0 Å². The fourth-order valence-corrected chi connectivity index (χ4v) is 1.79. The van der Waals surface area contributed by atoms with Crippen molar-refractivity contribution in [3.8, 4) is 0 Å². The highest BCUT2D eigenvalue weighted by Gasteiger charge is 2.05. The Hall–Kier alpha value is -1.55. The van der Waals surface area contributed by atoms with Crippen molar-refractivity contribution < 1.29 is 4.79 Å². The number of hydrogen-bond donors (Lipinski definition) is 2. The zero-order valence-electron chi connectivity index (χ0n) is 12.2. The SMILES string of the molecule is CCCCN(C)c1ccc(C(=O)NCCNC)cc1. The number of rotatable bonds is 8. The predicted molar refractivity (Wildman–Crippen MR) is 80.9 cm³/mol. The average molecular weight is 263 g/mol. The molecule has 19 heavy (non-hydrogen) atoms. The van der Waals surface area contributed by atoms with E-state index >= 15 is 0 Å². The molecule has 0 saturated carbocycles. The highest BCUT2D eigenvalue weighted by Crippen LogP contribution is 2.14. The third-order valence-electron chi connectivity index (χ3n) is 3.08. The van der Waals surface area contributed by atoms with Crippen LogP contribution < -0.4 is 15.5 Å². The summed E-state index contributed by atoms with van der Waals surface area (Å²) in [4.78, 5) is 14.0. The summed E-state index contributed by atoms with van der Waals surface area (Å²) < 4.78 is 0. The molecule has 1 aromatic rings. The molecular weight excluding hydrogens is 238 g/mol. The van der Waals surface area contributed by atoms with E-state index < -0.39 is 0 Å². The summed E-state index contributed by atoms with van der Waals surface area (Å²) >= 11 is 0. The molecule has 0 aliphatic heterocycles. The van der Waals surface area contributed by atoms with Crippen LogP contribution in [0.3, 0.4) is 0 Å². The Morgan fingerprint density at radius 2 is 1.89 bits per heavy atom. The highest BCUT2D eigenvalue weighted by molar-refractivity contribution is 5.94. The predicted octanol–water partition coefficient (Wildman–Crippen LogP) is 1.87. The number of nitrogens with one attached hydrogen (secondary N) is 2. The lowest BCUT2D eigenvalue weighted by molar-refractivity contribution is 0.0954. The standard InChI is InChI=1S/C15H25N3O/c1-4-5-12-18(3)14-8-6-13(7-9-14)15(19)17-11-10-16-2/h6-9,16H,4-5,10-12H2,1-3H3,(H,17,19). The Labute approximate surface area is 116 Å². The maximum atomic E-state index is 11.8. The second-order valence-corrected chi connectivity index (χ2v) is 4.68. The molecule has 106 valence electrons. The number of unbranched alkanes of at least 4 members (excludes halogenated alkanes) is 1. The summed E-state index contributed by atoms with van der Waals surface area (Å²) in [5.41, 5.74) is 1.86. The van der Waals surface area contributed by atoms with Crippen molar-refractivity contribution in [3.05, 3.63) is 29.8 Å². The topological polar surface area (TPSA) is 44.4 Å². The fraction of sp³-hybridized carbons (Fsp3) is 0.533. The first-order chi connectivity index (χ1) is 9.19. The number of benzene rings is 1. The molecule has 0 aliphatic rings. The van der Waals surface area contributed by atoms with Crippen LogP contribution in [0.2, 0.25) is 0 Å². The summed E-state index contributed by atoms with van der Waals surface area (Å²) in [5.74, 6) is -0.0157. The van der Waals surface area contributed by atoms with Crippen molar-refractivity contribution in [1.29, 1.82) is 0 Å². The molecule has 0 heterocycles. The van der Waals surface area contributed by atoms with Gasteiger partial charge >= 0.3 is 0 Å². The molecule has 0 aromatic heterocycles. The van der Waals surface area contributed by atoms with Crippen LogP contribution in [0.15, 0.2) is 24.3 Å². The van der Waals surface area contributed by atoms with Gasteiger partial charge < -0.3 is 15.5 Å². The summed E-state index contributed by atoms with van der Waals surface area (Å²) in [6.45, 7) is 4.66. The van der Waals surface area contributed by atoms with E-state index in [-0.39, 0.29) is 5.91 Å². The minimum atomic E-state index is -0.0157. The van der Waals surface area contributed by atoms with Crippen LogP contribution in [0.4, 0.5) is 5.69 Å². The van der Waals surface area contributed by atoms with Crippen LogP contribution in [-0.4, -0.2) is 39.6 Å². The third-order valence-corrected chi connectivity index (χ3v) is 3.08. The van der Waals surface area contributed by atoms with Crippen LogP contribution in [0.25, 0.3) is 0 Å². The van der Waals surface area contributed by atoms with Crippen LogP contribution in [0, 0.1) is 0 Å². The molecule has 0 saturated heterocycles. The molecule has 2 N–H and O–H groups in total. The number of amides is 1. The Balaban J connectivity index is 2.53. The van der Waals surface area contributed by atoms with Crippen LogP contribution in [-0.2, 0) is 0 Å². The quantitative estimate of drug-likeness (QED) is 0.704. The molecule has 0 bridgehead atoms. The number of likely N-dealkylation sites (N-methyl/N-ethyl adjacent to an activating group) is 1. The van der Waals surface area contributed by atoms with E-state index in [1.54, 1.807) is 0 Å². The van der Waals surface area contributed by atoms with Crippen LogP contribution in [0.5, 0.6) is 0 Å². The van der Waals surface area contributed by atoms with Gasteiger partial charge in [0, 0.05) is 37.9 Å². The zero-order chi connectivity index (χ0) is 14.1. The first kappa shape index (κ1) is 15.5. The monoisotopic (exact) mass is 263 g/mol. The van der Waals surface area contributed by atoms with Gasteiger partial charge in [-0.2, -0.15) is 0 Å². The van der Waals surface area contributed by atoms with Gasteiger partial charge in [-0.3, -0.25) is 4.79 Å². The lowest BCUT2D eigenvalue weighted by Crippen LogP contribution is -2.30. The molecule has 4 heteroatoms. The summed E-state index contributed by atoms with van der Waals surface area (Å²) in [5, 5.41) is 5.86. The number of nitrogens with zero attached hydrogens (tertiary/aromatic N) is 1. The maximum absolute atomic E-state index is 11.8. The molecule has 0 aliphatic carbocycles. The Bertz CT molecular complexity index is 375. The third kappa shape index (κ3) is 5.30. The first-order valence-corrected chi connectivity index (χ1v) is 6.93. The number of carbonyl (C=O) groups excluding carboxylic acids is 1. The highest BCUT2D eigenvalue weighted by atomic mass is 16.1. The van der Waals surface area contributed by atoms with Crippen molar-refractivity contribution >= 4 is 11.6 Å². The number of carbonyl (C=O) groups is 1. The van der Waals surface area contributed by atoms with Crippen LogP contribution in [0.1, 0.15) is 30.1 Å². The van der Waals surface area contributed by atoms with E-state index in [4.69, 9.17) is 0 Å². The van der Waals surface area contributed by atoms with Gasteiger partial charge in [0.25, 0.3) is 5.91 Å². The molecule has 1 amide bonds. The Kier molecular flexibility index (Phi) is 6.97. The second kappa shape index (κ2) is 8.53. The minimum Gasteiger partial charge on any atom is -0.375 e. The molecular formula is C15H25N3O. The van der Waals surface area contributed by atoms with Crippen molar-refractivity contribution in [2.24, 2.45) is 0 Å². The van der Waals surface area contributed by atoms with Gasteiger partial charge in [-0.15, -0.1) is 0 Å². The first-order valence-electron chi connectivity index (χ1n) is 6.93. The largest absolute Gasteiger partial charge is 0.375 e. The molecule has 0 radical (unpaired) electrons. The van der Waals surface area contributed by atoms with Crippen molar-refractivity contribution in [2.75, 3.05) is 38.6 Å². The van der Waals surface area contributed by atoms with E-state index in [9.17, 15) is 4.79 Å². The summed E-state index contributed by atoms with van der Waals surface area (Å²) in [6.07, 6.45) is 2.37. The molecule has 0 fully saturated rings. The second-order valence-electron chi connectivity index (χ2n) is 4.68. The van der Waals surface area contributed by atoms with Crippen molar-refractivity contribution in [3.63, 3.8) is 0 Å². The minimum absolute atomic E-state index is 0.0157. The normalized spacial score (nSPS) is 10.3. The molecule has 1 aromatic carbocycles. The Morgan fingerprint density at radius 3 is 2.47 bits per heavy atom. The maximum Gasteiger partial charge on any atom is 0.251 e. The number of hydrogen-bond acceptors (Lipinski definition) is 3. The van der Waals surface area contributed by atoms with Gasteiger partial charge in [0.1, 0.15) is 0 Å². The molecule has 0 unspecified atom stereocenters. The lowest BCUT2D eigenvalue weighted by atomic mass is 10.2. The molecule has 0 spiro atoms. The van der Waals surface area contributed by atoms with Crippen LogP contribution >= 0.6 is 0 Å². The van der Waals surface area contributed by atoms with E-state index in [0.29, 0.717) is 12.1 Å². The number of anilines is 1. The van der Waals surface area contributed by atoms with Crippen molar-refractivity contribution in [1.82, 2.24) is 10.6 Å². The van der Waals surface area contributed by atoms with Gasteiger partial charge in [-0.1, -0.05) is 13.3 Å². The Morgan fingerprint density at radius 1 is 1.21 bits per heavy atom. The summed E-state index contributed by atoms with van der Waals surface area (Å²) in [6, 6.07) is 7.77. The van der Waals surface area contributed by atoms with E-state index in [1.807, 2.05) is 31.3 Å². The average Bonchev–Trinajstić information content (AvgIpc) is 2.45. The van der Waals surface area contributed by atoms with Crippen molar-refractivity contribution in [2.45, 2.75) is 19.8 Å². The lowest BCUT2D eigenvalue weighted by Gasteiger charge is -2.19. The van der Waals surface area contributed by atoms with Gasteiger partial charge in [0.2, 0.25) is 0 Å². The fourth-order valence-electron chi connectivity index (χ4n) is 1.79. The molecule has 1 rings (SSSR count). The zero-order valence-corrected chi connectivity index (χ0v) is 12.2.